The summed E-state index contributed by atoms with van der Waals surface area (Å²) >= 11 is 0. The minimum absolute atomic E-state index is 0.0674. The highest BCUT2D eigenvalue weighted by atomic mass is 16.4. The number of H-pyrrole nitrogens is 1. The lowest BCUT2D eigenvalue weighted by molar-refractivity contribution is -0.143. The molecule has 2 heterocycles. The molecule has 2 rings (SSSR count). The zero-order valence-electron chi connectivity index (χ0n) is 22.0. The van der Waals surface area contributed by atoms with E-state index in [1.807, 2.05) is 0 Å². The first-order valence-corrected chi connectivity index (χ1v) is 12.1. The van der Waals surface area contributed by atoms with Crippen LogP contribution in [0.3, 0.4) is 0 Å². The maximum absolute atomic E-state index is 12.2. The van der Waals surface area contributed by atoms with Gasteiger partial charge >= 0.3 is 23.6 Å². The molecule has 6 N–H and O–H groups in total. The number of nitrogens with one attached hydrogen (secondary N) is 3. The van der Waals surface area contributed by atoms with Crippen LogP contribution >= 0.6 is 0 Å². The number of imidazole rings is 1. The van der Waals surface area contributed by atoms with Gasteiger partial charge in [0.1, 0.15) is 11.3 Å². The maximum atomic E-state index is 12.2. The molecule has 0 atom stereocenters. The second kappa shape index (κ2) is 14.5. The summed E-state index contributed by atoms with van der Waals surface area (Å²) in [5.74, 6) is -4.32. The Bertz CT molecular complexity index is 1360. The second-order valence-electron chi connectivity index (χ2n) is 8.92. The van der Waals surface area contributed by atoms with Gasteiger partial charge in [-0.2, -0.15) is 0 Å². The third-order valence-corrected chi connectivity index (χ3v) is 5.71. The Labute approximate surface area is 226 Å². The van der Waals surface area contributed by atoms with E-state index in [2.05, 4.69) is 20.6 Å². The quantitative estimate of drug-likeness (QED) is 0.101. The molecule has 2 aromatic rings. The van der Waals surface area contributed by atoms with Gasteiger partial charge in [-0.15, -0.1) is 0 Å². The van der Waals surface area contributed by atoms with Crippen molar-refractivity contribution in [2.24, 2.45) is 14.1 Å². The van der Waals surface area contributed by atoms with Crippen molar-refractivity contribution in [2.75, 3.05) is 45.9 Å². The number of aromatic amines is 1. The molecule has 2 aromatic heterocycles. The molecule has 0 unspecified atom stereocenters. The normalized spacial score (nSPS) is 11.2. The van der Waals surface area contributed by atoms with Crippen LogP contribution in [0.4, 0.5) is 0 Å². The Morgan fingerprint density at radius 1 is 0.825 bits per heavy atom. The Morgan fingerprint density at radius 2 is 1.35 bits per heavy atom. The van der Waals surface area contributed by atoms with Gasteiger partial charge in [0.25, 0.3) is 5.56 Å². The van der Waals surface area contributed by atoms with Gasteiger partial charge in [0, 0.05) is 40.0 Å². The summed E-state index contributed by atoms with van der Waals surface area (Å²) in [5, 5.41) is 31.8. The van der Waals surface area contributed by atoms with E-state index >= 15 is 0 Å². The lowest BCUT2D eigenvalue weighted by atomic mass is 10.2. The van der Waals surface area contributed by atoms with Crippen molar-refractivity contribution in [3.05, 3.63) is 26.7 Å². The summed E-state index contributed by atoms with van der Waals surface area (Å²) in [4.78, 5) is 91.0. The number of hydrogen-bond acceptors (Lipinski definition) is 10. The molecule has 220 valence electrons. The first-order valence-electron chi connectivity index (χ1n) is 12.1. The summed E-state index contributed by atoms with van der Waals surface area (Å²) in [7, 11) is 2.85. The van der Waals surface area contributed by atoms with Crippen LogP contribution in [0.5, 0.6) is 0 Å². The molecule has 2 amide bonds. The largest absolute Gasteiger partial charge is 0.480 e. The molecule has 0 aliphatic carbocycles. The van der Waals surface area contributed by atoms with Crippen LogP contribution in [0.15, 0.2) is 9.59 Å². The van der Waals surface area contributed by atoms with Gasteiger partial charge in [-0.05, 0) is 6.42 Å². The third kappa shape index (κ3) is 9.62. The summed E-state index contributed by atoms with van der Waals surface area (Å²) in [6.07, 6.45) is 0.734. The number of aryl methyl sites for hydroxylation is 2. The summed E-state index contributed by atoms with van der Waals surface area (Å²) in [6.45, 7) is -2.49. The molecule has 0 aliphatic rings. The van der Waals surface area contributed by atoms with Crippen LogP contribution in [0.2, 0.25) is 0 Å². The minimum Gasteiger partial charge on any atom is -0.480 e. The topological polar surface area (TPSA) is 249 Å². The standard InChI is InChI=1S/C22H32N8O10/c1-27-20-19(21(39)28(2)22(27)40)25-13(26-20)4-3-5-14(31)23-12-24-15(32)8-29(9-16(33)34)6-7-30(10-17(35)36)11-18(37)38/h3-12H2,1-2H3,(H,23,31)(H,24,32)(H,25,26)(H,33,34)(H,35,36)(H,37,38). The van der Waals surface area contributed by atoms with E-state index in [0.29, 0.717) is 18.7 Å². The second-order valence-corrected chi connectivity index (χ2v) is 8.92. The molecule has 40 heavy (non-hydrogen) atoms. The highest BCUT2D eigenvalue weighted by Crippen LogP contribution is 2.07. The van der Waals surface area contributed by atoms with Crippen LogP contribution in [0, 0.1) is 0 Å². The molecule has 0 saturated carbocycles. The summed E-state index contributed by atoms with van der Waals surface area (Å²) < 4.78 is 2.20. The van der Waals surface area contributed by atoms with Crippen molar-refractivity contribution in [1.82, 2.24) is 39.5 Å². The summed E-state index contributed by atoms with van der Waals surface area (Å²) in [6, 6.07) is 0. The fraction of sp³-hybridized carbons (Fsp3) is 0.545. The van der Waals surface area contributed by atoms with E-state index in [9.17, 15) is 33.6 Å². The fourth-order valence-electron chi connectivity index (χ4n) is 3.78. The number of aliphatic carboxylic acids is 3. The predicted molar refractivity (Wildman–Crippen MR) is 136 cm³/mol. The number of fused-ring (bicyclic) bond motifs is 1. The number of carboxylic acid groups (broad SMARTS) is 3. The van der Waals surface area contributed by atoms with Crippen molar-refractivity contribution in [2.45, 2.75) is 19.3 Å². The molecule has 0 saturated heterocycles. The van der Waals surface area contributed by atoms with Crippen molar-refractivity contribution in [1.29, 1.82) is 0 Å². The number of rotatable bonds is 17. The smallest absolute Gasteiger partial charge is 0.332 e. The summed E-state index contributed by atoms with van der Waals surface area (Å²) in [5.41, 5.74) is -0.629. The van der Waals surface area contributed by atoms with E-state index in [1.165, 1.54) is 23.6 Å². The molecule has 18 heteroatoms. The molecule has 0 bridgehead atoms. The molecular weight excluding hydrogens is 536 g/mol. The van der Waals surface area contributed by atoms with Gasteiger partial charge in [-0.25, -0.2) is 9.78 Å². The minimum atomic E-state index is -1.25. The Balaban J connectivity index is 1.79. The highest BCUT2D eigenvalue weighted by Gasteiger charge is 2.19. The molecule has 0 aromatic carbocycles. The van der Waals surface area contributed by atoms with Crippen LogP contribution in [0.25, 0.3) is 11.2 Å². The first kappa shape index (κ1) is 31.6. The number of hydrogen-bond donors (Lipinski definition) is 6. The maximum Gasteiger partial charge on any atom is 0.332 e. The molecular formula is C22H32N8O10. The van der Waals surface area contributed by atoms with E-state index in [4.69, 9.17) is 15.3 Å². The van der Waals surface area contributed by atoms with E-state index in [1.54, 1.807) is 0 Å². The number of carboxylic acids is 3. The number of carbonyl (C=O) groups is 5. The lowest BCUT2D eigenvalue weighted by Crippen LogP contribution is -2.46. The van der Waals surface area contributed by atoms with Crippen LogP contribution in [-0.4, -0.2) is 120 Å². The van der Waals surface area contributed by atoms with Crippen molar-refractivity contribution >= 4 is 40.9 Å². The predicted octanol–water partition coefficient (Wildman–Crippen LogP) is -3.67. The molecule has 0 aliphatic heterocycles. The molecule has 0 spiro atoms. The fourth-order valence-corrected chi connectivity index (χ4v) is 3.78. The van der Waals surface area contributed by atoms with Gasteiger partial charge in [0.15, 0.2) is 5.65 Å². The zero-order chi connectivity index (χ0) is 30.0. The van der Waals surface area contributed by atoms with Crippen LogP contribution in [0.1, 0.15) is 18.7 Å². The van der Waals surface area contributed by atoms with Gasteiger partial charge < -0.3 is 30.9 Å². The number of nitrogens with zero attached hydrogens (tertiary/aromatic N) is 5. The lowest BCUT2D eigenvalue weighted by Gasteiger charge is -2.24. The molecule has 18 nitrogen and oxygen atoms in total. The monoisotopic (exact) mass is 568 g/mol. The molecule has 0 radical (unpaired) electrons. The van der Waals surface area contributed by atoms with Crippen LogP contribution < -0.4 is 21.9 Å². The van der Waals surface area contributed by atoms with E-state index in [0.717, 1.165) is 9.47 Å². The SMILES string of the molecule is Cn1c(=O)c2[nH]c(CCCC(=O)NCNC(=O)CN(CCN(CC(=O)O)CC(=O)O)CC(=O)O)nc2n(C)c1=O. The van der Waals surface area contributed by atoms with E-state index in [-0.39, 0.29) is 49.8 Å². The Hall–Kier alpha value is -4.58. The first-order chi connectivity index (χ1) is 18.8. The van der Waals surface area contributed by atoms with Crippen molar-refractivity contribution in [3.8, 4) is 0 Å². The van der Waals surface area contributed by atoms with Crippen molar-refractivity contribution < 1.29 is 39.3 Å². The average Bonchev–Trinajstić information content (AvgIpc) is 3.28. The van der Waals surface area contributed by atoms with E-state index < -0.39 is 54.7 Å². The van der Waals surface area contributed by atoms with Gasteiger partial charge in [-0.3, -0.25) is 47.7 Å². The van der Waals surface area contributed by atoms with Crippen molar-refractivity contribution in [3.63, 3.8) is 0 Å². The number of amides is 2. The zero-order valence-corrected chi connectivity index (χ0v) is 22.0. The number of carbonyl (C=O) groups excluding carboxylic acids is 2. The van der Waals surface area contributed by atoms with Gasteiger partial charge in [-0.1, -0.05) is 0 Å². The Kier molecular flexibility index (Phi) is 11.5. The molecule has 0 fully saturated rings. The highest BCUT2D eigenvalue weighted by molar-refractivity contribution is 5.80. The number of aromatic nitrogens is 4. The third-order valence-electron chi connectivity index (χ3n) is 5.71. The van der Waals surface area contributed by atoms with Crippen LogP contribution in [-0.2, 0) is 44.5 Å². The van der Waals surface area contributed by atoms with Gasteiger partial charge in [0.2, 0.25) is 11.8 Å². The Morgan fingerprint density at radius 3 is 1.90 bits per heavy atom. The van der Waals surface area contributed by atoms with Gasteiger partial charge in [0.05, 0.1) is 32.8 Å². The average molecular weight is 569 g/mol.